The largest absolute Gasteiger partial charge is 0.394 e. The van der Waals surface area contributed by atoms with Gasteiger partial charge < -0.3 is 15.5 Å². The van der Waals surface area contributed by atoms with Gasteiger partial charge in [-0.05, 0) is 38.3 Å². The number of aliphatic hydroxyl groups is 2. The zero-order valence-electron chi connectivity index (χ0n) is 10.5. The normalized spacial score (nSPS) is 12.3. The molecule has 20 heavy (non-hydrogen) atoms. The van der Waals surface area contributed by atoms with Gasteiger partial charge in [-0.1, -0.05) is 0 Å². The summed E-state index contributed by atoms with van der Waals surface area (Å²) in [4.78, 5) is 11.9. The Morgan fingerprint density at radius 3 is 3.00 bits per heavy atom. The zero-order valence-corrected chi connectivity index (χ0v) is 12.9. The molecule has 0 fully saturated rings. The minimum absolute atomic E-state index is 0.148. The van der Waals surface area contributed by atoms with E-state index in [0.717, 1.165) is 5.56 Å². The maximum Gasteiger partial charge on any atom is 0.283 e. The summed E-state index contributed by atoms with van der Waals surface area (Å²) >= 11 is 4.72. The first-order valence-electron chi connectivity index (χ1n) is 5.94. The first-order valence-corrected chi connectivity index (χ1v) is 7.67. The highest BCUT2D eigenvalue weighted by Gasteiger charge is 2.11. The van der Waals surface area contributed by atoms with Crippen molar-refractivity contribution in [1.29, 1.82) is 0 Å². The molecule has 1 unspecified atom stereocenters. The van der Waals surface area contributed by atoms with Gasteiger partial charge in [0.1, 0.15) is 4.47 Å². The lowest BCUT2D eigenvalue weighted by Crippen LogP contribution is -2.26. The van der Waals surface area contributed by atoms with Crippen molar-refractivity contribution in [2.45, 2.75) is 12.6 Å². The number of anilines is 1. The van der Waals surface area contributed by atoms with Gasteiger partial charge in [0.2, 0.25) is 0 Å². The van der Waals surface area contributed by atoms with E-state index in [1.165, 1.54) is 22.2 Å². The Morgan fingerprint density at radius 1 is 1.55 bits per heavy atom. The van der Waals surface area contributed by atoms with Crippen molar-refractivity contribution in [3.8, 4) is 0 Å². The topological polar surface area (TPSA) is 87.4 Å². The summed E-state index contributed by atoms with van der Waals surface area (Å²) in [6.07, 6.45) is 0.842. The van der Waals surface area contributed by atoms with Crippen LogP contribution in [0.3, 0.4) is 0 Å². The molecular formula is C12H14BrN3O3S. The standard InChI is InChI=1S/C12H14BrN3O3S/c13-11-9(5-15-16(2-3-17)12(11)19)14-6-10(18)8-1-4-20-7-8/h1,4-5,7,10,14,17-18H,2-3,6H2. The average Bonchev–Trinajstić information content (AvgIpc) is 2.97. The second-order valence-corrected chi connectivity index (χ2v) is 5.65. The van der Waals surface area contributed by atoms with Crippen molar-refractivity contribution in [2.75, 3.05) is 18.5 Å². The van der Waals surface area contributed by atoms with E-state index in [-0.39, 0.29) is 25.3 Å². The Bertz CT molecular complexity index is 615. The summed E-state index contributed by atoms with van der Waals surface area (Å²) in [5, 5.41) is 29.5. The van der Waals surface area contributed by atoms with Crippen molar-refractivity contribution >= 4 is 33.0 Å². The number of hydrogen-bond acceptors (Lipinski definition) is 6. The maximum atomic E-state index is 11.9. The van der Waals surface area contributed by atoms with Crippen LogP contribution in [-0.2, 0) is 6.54 Å². The third kappa shape index (κ3) is 3.45. The number of nitrogens with one attached hydrogen (secondary N) is 1. The van der Waals surface area contributed by atoms with E-state index >= 15 is 0 Å². The van der Waals surface area contributed by atoms with Crippen LogP contribution in [0.2, 0.25) is 0 Å². The molecule has 0 saturated carbocycles. The fourth-order valence-corrected chi connectivity index (χ4v) is 2.79. The molecule has 0 spiro atoms. The molecule has 0 aliphatic heterocycles. The fraction of sp³-hybridized carbons (Fsp3) is 0.333. The molecule has 108 valence electrons. The molecule has 6 nitrogen and oxygen atoms in total. The molecule has 8 heteroatoms. The first kappa shape index (κ1) is 15.2. The lowest BCUT2D eigenvalue weighted by Gasteiger charge is -2.13. The van der Waals surface area contributed by atoms with Gasteiger partial charge in [-0.3, -0.25) is 4.79 Å². The van der Waals surface area contributed by atoms with Crippen molar-refractivity contribution in [2.24, 2.45) is 0 Å². The lowest BCUT2D eigenvalue weighted by atomic mass is 10.2. The minimum Gasteiger partial charge on any atom is -0.394 e. The smallest absolute Gasteiger partial charge is 0.283 e. The summed E-state index contributed by atoms with van der Waals surface area (Å²) in [6, 6.07) is 1.85. The number of aliphatic hydroxyl groups excluding tert-OH is 2. The molecule has 0 saturated heterocycles. The summed E-state index contributed by atoms with van der Waals surface area (Å²) in [5.41, 5.74) is 1.02. The van der Waals surface area contributed by atoms with E-state index in [2.05, 4.69) is 26.3 Å². The monoisotopic (exact) mass is 359 g/mol. The molecule has 2 rings (SSSR count). The molecule has 2 aromatic rings. The number of hydrogen-bond donors (Lipinski definition) is 3. The van der Waals surface area contributed by atoms with Crippen LogP contribution >= 0.6 is 27.3 Å². The first-order chi connectivity index (χ1) is 9.63. The Kier molecular flexibility index (Phi) is 5.30. The molecular weight excluding hydrogens is 346 g/mol. The number of halogens is 1. The van der Waals surface area contributed by atoms with Crippen molar-refractivity contribution < 1.29 is 10.2 Å². The van der Waals surface area contributed by atoms with E-state index in [4.69, 9.17) is 5.11 Å². The molecule has 0 aliphatic carbocycles. The van der Waals surface area contributed by atoms with Gasteiger partial charge in [-0.2, -0.15) is 16.4 Å². The SMILES string of the molecule is O=c1c(Br)c(NCC(O)c2ccsc2)cnn1CCO. The van der Waals surface area contributed by atoms with Crippen LogP contribution in [0.15, 0.2) is 32.3 Å². The predicted molar refractivity (Wildman–Crippen MR) is 81.1 cm³/mol. The highest BCUT2D eigenvalue weighted by Crippen LogP contribution is 2.20. The second-order valence-electron chi connectivity index (χ2n) is 4.08. The van der Waals surface area contributed by atoms with Crippen LogP contribution in [0.25, 0.3) is 0 Å². The van der Waals surface area contributed by atoms with Crippen LogP contribution in [0.4, 0.5) is 5.69 Å². The third-order valence-electron chi connectivity index (χ3n) is 2.71. The van der Waals surface area contributed by atoms with Crippen LogP contribution in [0.1, 0.15) is 11.7 Å². The van der Waals surface area contributed by atoms with Gasteiger partial charge in [0.05, 0.1) is 31.1 Å². The fourth-order valence-electron chi connectivity index (χ4n) is 1.63. The van der Waals surface area contributed by atoms with Gasteiger partial charge in [-0.25, -0.2) is 4.68 Å². The van der Waals surface area contributed by atoms with Gasteiger partial charge in [0.25, 0.3) is 5.56 Å². The van der Waals surface area contributed by atoms with Crippen LogP contribution in [0, 0.1) is 0 Å². The Labute approximate surface area is 127 Å². The summed E-state index contributed by atoms with van der Waals surface area (Å²) < 4.78 is 1.50. The summed E-state index contributed by atoms with van der Waals surface area (Å²) in [5.74, 6) is 0. The quantitative estimate of drug-likeness (QED) is 0.721. The number of nitrogens with zero attached hydrogens (tertiary/aromatic N) is 2. The van der Waals surface area contributed by atoms with Gasteiger partial charge in [0, 0.05) is 6.54 Å². The van der Waals surface area contributed by atoms with E-state index in [1.807, 2.05) is 16.8 Å². The molecule has 0 radical (unpaired) electrons. The summed E-state index contributed by atoms with van der Waals surface area (Å²) in [6.45, 7) is 0.276. The predicted octanol–water partition coefficient (Wildman–Crippen LogP) is 1.21. The Balaban J connectivity index is 2.07. The van der Waals surface area contributed by atoms with E-state index in [0.29, 0.717) is 10.2 Å². The summed E-state index contributed by atoms with van der Waals surface area (Å²) in [7, 11) is 0. The van der Waals surface area contributed by atoms with Gasteiger partial charge in [-0.15, -0.1) is 0 Å². The maximum absolute atomic E-state index is 11.9. The lowest BCUT2D eigenvalue weighted by molar-refractivity contribution is 0.192. The van der Waals surface area contributed by atoms with Crippen LogP contribution in [0.5, 0.6) is 0 Å². The molecule has 0 aliphatic rings. The molecule has 0 bridgehead atoms. The zero-order chi connectivity index (χ0) is 14.5. The van der Waals surface area contributed by atoms with Crippen molar-refractivity contribution in [1.82, 2.24) is 9.78 Å². The van der Waals surface area contributed by atoms with Crippen LogP contribution in [-0.4, -0.2) is 33.1 Å². The molecule has 1 atom stereocenters. The Hall–Kier alpha value is -1.22. The average molecular weight is 360 g/mol. The van der Waals surface area contributed by atoms with E-state index < -0.39 is 6.10 Å². The molecule has 3 N–H and O–H groups in total. The Morgan fingerprint density at radius 2 is 2.35 bits per heavy atom. The number of thiophene rings is 1. The highest BCUT2D eigenvalue weighted by atomic mass is 79.9. The van der Waals surface area contributed by atoms with Gasteiger partial charge in [0.15, 0.2) is 0 Å². The van der Waals surface area contributed by atoms with Gasteiger partial charge >= 0.3 is 0 Å². The third-order valence-corrected chi connectivity index (χ3v) is 4.18. The van der Waals surface area contributed by atoms with Crippen molar-refractivity contribution in [3.05, 3.63) is 43.4 Å². The van der Waals surface area contributed by atoms with Crippen molar-refractivity contribution in [3.63, 3.8) is 0 Å². The molecule has 0 aromatic carbocycles. The van der Waals surface area contributed by atoms with E-state index in [9.17, 15) is 9.90 Å². The van der Waals surface area contributed by atoms with E-state index in [1.54, 1.807) is 0 Å². The number of rotatable bonds is 6. The molecule has 0 amide bonds. The number of aromatic nitrogens is 2. The second kappa shape index (κ2) is 6.98. The highest BCUT2D eigenvalue weighted by molar-refractivity contribution is 9.10. The van der Waals surface area contributed by atoms with Crippen LogP contribution < -0.4 is 10.9 Å². The molecule has 2 heterocycles. The minimum atomic E-state index is -0.645. The molecule has 2 aromatic heterocycles.